The van der Waals surface area contributed by atoms with Crippen molar-refractivity contribution in [2.75, 3.05) is 19.6 Å². The van der Waals surface area contributed by atoms with Gasteiger partial charge >= 0.3 is 5.97 Å². The largest absolute Gasteiger partial charge is 0.355 e. The number of hydrogen-bond donors (Lipinski definition) is 2. The summed E-state index contributed by atoms with van der Waals surface area (Å²) in [5, 5.41) is 6.30. The van der Waals surface area contributed by atoms with Crippen LogP contribution in [0.1, 0.15) is 58.8 Å². The molecule has 0 radical (unpaired) electrons. The Morgan fingerprint density at radius 1 is 1.03 bits per heavy atom. The van der Waals surface area contributed by atoms with Gasteiger partial charge in [-0.15, -0.1) is 5.06 Å². The Balaban J connectivity index is 1.56. The van der Waals surface area contributed by atoms with E-state index in [0.29, 0.717) is 30.7 Å². The van der Waals surface area contributed by atoms with Gasteiger partial charge in [-0.1, -0.05) is 13.0 Å². The molecule has 0 aliphatic carbocycles. The van der Waals surface area contributed by atoms with Crippen LogP contribution in [0.3, 0.4) is 0 Å². The first-order valence-electron chi connectivity index (χ1n) is 10.3. The molecule has 29 heavy (non-hydrogen) atoms. The van der Waals surface area contributed by atoms with Crippen LogP contribution < -0.4 is 10.6 Å². The zero-order valence-electron chi connectivity index (χ0n) is 17.4. The van der Waals surface area contributed by atoms with Crippen molar-refractivity contribution >= 4 is 23.7 Å². The SMILES string of the molecule is C=C1CCC(=O)N1OC(=O)CC[15NH][13C](=O)[13CH2][13CH2]N[13C](=O)CN1C(C)CCCC1C. The molecule has 162 valence electrons. The molecule has 0 bridgehead atoms. The maximum absolute atomic E-state index is 12.1. The van der Waals surface area contributed by atoms with Gasteiger partial charge in [0.2, 0.25) is 11.8 Å². The number of likely N-dealkylation sites (tertiary alicyclic amines) is 1. The summed E-state index contributed by atoms with van der Waals surface area (Å²) in [7, 11) is 0. The fourth-order valence-electron chi connectivity index (χ4n) is 3.61. The highest BCUT2D eigenvalue weighted by Gasteiger charge is 2.28. The number of carbonyl (C=O) groups excluding carboxylic acids is 4. The Morgan fingerprint density at radius 2 is 1.66 bits per heavy atom. The molecule has 9 heteroatoms. The van der Waals surface area contributed by atoms with Crippen molar-refractivity contribution in [2.45, 2.75) is 70.9 Å². The molecule has 3 amide bonds. The lowest BCUT2D eigenvalue weighted by molar-refractivity contribution is -0.186. The van der Waals surface area contributed by atoms with Crippen molar-refractivity contribution in [3.63, 3.8) is 0 Å². The molecule has 9 nitrogen and oxygen atoms in total. The average molecular weight is 413 g/mol. The molecule has 2 fully saturated rings. The van der Waals surface area contributed by atoms with E-state index in [0.717, 1.165) is 17.9 Å². The summed E-state index contributed by atoms with van der Waals surface area (Å²) in [5.41, 5.74) is 0.455. The van der Waals surface area contributed by atoms with E-state index in [-0.39, 0.29) is 50.1 Å². The molecule has 0 aromatic carbocycles. The summed E-state index contributed by atoms with van der Waals surface area (Å²) in [6.07, 6.45) is 4.23. The molecule has 2 aliphatic rings. The Bertz CT molecular complexity index is 625. The van der Waals surface area contributed by atoms with Gasteiger partial charge in [0.05, 0.1) is 18.7 Å². The van der Waals surface area contributed by atoms with E-state index >= 15 is 0 Å². The van der Waals surface area contributed by atoms with Gasteiger partial charge in [-0.2, -0.15) is 0 Å². The molecule has 2 aliphatic heterocycles. The Kier molecular flexibility index (Phi) is 8.63. The lowest BCUT2D eigenvalue weighted by atomic mass is 9.98. The lowest BCUT2D eigenvalue weighted by Gasteiger charge is -2.38. The van der Waals surface area contributed by atoms with Crippen LogP contribution in [0.4, 0.5) is 0 Å². The molecule has 2 heterocycles. The zero-order chi connectivity index (χ0) is 21.4. The highest BCUT2D eigenvalue weighted by Crippen LogP contribution is 2.22. The number of hydroxylamine groups is 2. The molecular formula is C20H32N4O5. The van der Waals surface area contributed by atoms with Gasteiger partial charge in [-0.3, -0.25) is 19.3 Å². The van der Waals surface area contributed by atoms with Crippen LogP contribution in [0.2, 0.25) is 0 Å². The van der Waals surface area contributed by atoms with E-state index in [9.17, 15) is 19.2 Å². The van der Waals surface area contributed by atoms with Crippen molar-refractivity contribution in [3.05, 3.63) is 12.3 Å². The fraction of sp³-hybridized carbons (Fsp3) is 0.700. The van der Waals surface area contributed by atoms with Crippen molar-refractivity contribution in [2.24, 2.45) is 0 Å². The Morgan fingerprint density at radius 3 is 2.28 bits per heavy atom. The molecule has 0 aromatic rings. The molecule has 2 saturated heterocycles. The summed E-state index contributed by atoms with van der Waals surface area (Å²) in [5.74, 6) is -1.26. The van der Waals surface area contributed by atoms with E-state index < -0.39 is 5.97 Å². The van der Waals surface area contributed by atoms with Crippen LogP contribution in [0.15, 0.2) is 12.3 Å². The van der Waals surface area contributed by atoms with Crippen molar-refractivity contribution in [3.8, 4) is 0 Å². The minimum atomic E-state index is -0.611. The third kappa shape index (κ3) is 7.16. The quantitative estimate of drug-likeness (QED) is 0.429. The van der Waals surface area contributed by atoms with Gasteiger partial charge in [0, 0.05) is 38.0 Å². The summed E-state index contributed by atoms with van der Waals surface area (Å²) >= 11 is 0. The molecular weight excluding hydrogens is 381 g/mol. The standard InChI is InChI=1S/C20H32N4O5/c1-14-5-4-6-15(2)23(14)13-18(26)22-11-9-17(25)21-12-10-20(28)29-24-16(3)7-8-19(24)27/h14-15H,3-13H2,1-2H3,(H,21,25)(H,22,26)/i9+1,11+1,17+1,18+1,21+1. The zero-order valence-corrected chi connectivity index (χ0v) is 17.4. The number of nitrogens with one attached hydrogen (secondary N) is 2. The number of rotatable bonds is 9. The van der Waals surface area contributed by atoms with Gasteiger partial charge in [0.1, 0.15) is 0 Å². The van der Waals surface area contributed by atoms with Gasteiger partial charge in [0.15, 0.2) is 0 Å². The Labute approximate surface area is 171 Å². The molecule has 2 N–H and O–H groups in total. The van der Waals surface area contributed by atoms with Gasteiger partial charge in [-0.25, -0.2) is 4.79 Å². The first-order chi connectivity index (χ1) is 13.8. The number of carbonyl (C=O) groups is 4. The summed E-state index contributed by atoms with van der Waals surface area (Å²) < 4.78 is 0. The average Bonchev–Trinajstić information content (AvgIpc) is 2.97. The maximum atomic E-state index is 12.1. The minimum absolute atomic E-state index is 0.0557. The van der Waals surface area contributed by atoms with E-state index in [1.165, 1.54) is 6.42 Å². The molecule has 0 spiro atoms. The summed E-state index contributed by atoms with van der Waals surface area (Å²) in [6.45, 7) is 8.62. The number of allylic oxidation sites excluding steroid dienone is 1. The second-order valence-electron chi connectivity index (χ2n) is 7.72. The van der Waals surface area contributed by atoms with Crippen LogP contribution in [-0.4, -0.2) is 65.4 Å². The molecule has 2 rings (SSSR count). The van der Waals surface area contributed by atoms with Gasteiger partial charge in [0.25, 0.3) is 5.91 Å². The predicted molar refractivity (Wildman–Crippen MR) is 106 cm³/mol. The number of amides is 3. The highest BCUT2D eigenvalue weighted by atomic mass is 16.7. The van der Waals surface area contributed by atoms with Crippen LogP contribution in [0.25, 0.3) is 0 Å². The minimum Gasteiger partial charge on any atom is -0.355 e. The summed E-state index contributed by atoms with van der Waals surface area (Å²) in [4.78, 5) is 54.4. The van der Waals surface area contributed by atoms with Crippen molar-refractivity contribution in [1.29, 1.82) is 0 Å². The van der Waals surface area contributed by atoms with Crippen LogP contribution in [-0.2, 0) is 24.0 Å². The van der Waals surface area contributed by atoms with E-state index in [1.54, 1.807) is 0 Å². The smallest absolute Gasteiger partial charge is 0.334 e. The third-order valence-corrected chi connectivity index (χ3v) is 5.36. The normalized spacial score (nSPS) is 22.5. The Hall–Kier alpha value is -2.42. The molecule has 0 aromatic heterocycles. The van der Waals surface area contributed by atoms with Crippen molar-refractivity contribution < 1.29 is 24.0 Å². The molecule has 0 saturated carbocycles. The monoisotopic (exact) mass is 413 g/mol. The second kappa shape index (κ2) is 10.9. The highest BCUT2D eigenvalue weighted by molar-refractivity contribution is 5.82. The molecule has 2 atom stereocenters. The third-order valence-electron chi connectivity index (χ3n) is 5.36. The van der Waals surface area contributed by atoms with E-state index in [1.807, 2.05) is 0 Å². The van der Waals surface area contributed by atoms with Crippen LogP contribution >= 0.6 is 0 Å². The number of nitrogens with zero attached hydrogens (tertiary/aromatic N) is 2. The first-order valence-corrected chi connectivity index (χ1v) is 10.3. The first kappa shape index (κ1) is 22.9. The molecule has 2 unspecified atom stereocenters. The summed E-state index contributed by atoms with van der Waals surface area (Å²) in [6, 6.07) is 0.779. The maximum Gasteiger partial charge on any atom is 0.334 e. The number of piperidine rings is 1. The van der Waals surface area contributed by atoms with Gasteiger partial charge < -0.3 is 15.5 Å². The topological polar surface area (TPSA) is 108 Å². The predicted octanol–water partition coefficient (Wildman–Crippen LogP) is 0.856. The van der Waals surface area contributed by atoms with Crippen molar-refractivity contribution in [1.82, 2.24) is 20.6 Å². The van der Waals surface area contributed by atoms with E-state index in [2.05, 4.69) is 36.0 Å². The van der Waals surface area contributed by atoms with Crippen LogP contribution in [0.5, 0.6) is 0 Å². The lowest BCUT2D eigenvalue weighted by Crippen LogP contribution is -2.49. The van der Waals surface area contributed by atoms with Gasteiger partial charge in [-0.05, 0) is 33.1 Å². The van der Waals surface area contributed by atoms with E-state index in [4.69, 9.17) is 4.84 Å². The fourth-order valence-corrected chi connectivity index (χ4v) is 3.61. The number of hydrogen-bond acceptors (Lipinski definition) is 6. The second-order valence-corrected chi connectivity index (χ2v) is 7.72. The van der Waals surface area contributed by atoms with Crippen LogP contribution in [0, 0.1) is 0 Å².